The molecule has 146 valence electrons. The quantitative estimate of drug-likeness (QED) is 0.576. The predicted molar refractivity (Wildman–Crippen MR) is 96.8 cm³/mol. The van der Waals surface area contributed by atoms with Crippen LogP contribution in [0.5, 0.6) is 0 Å². The highest BCUT2D eigenvalue weighted by atomic mass is 16.5. The smallest absolute Gasteiger partial charge is 0.337 e. The number of carbonyl (C=O) groups excluding carboxylic acids is 3. The number of aliphatic hydroxyl groups excluding tert-OH is 1. The summed E-state index contributed by atoms with van der Waals surface area (Å²) in [6.07, 6.45) is 1.34. The summed E-state index contributed by atoms with van der Waals surface area (Å²) in [7, 11) is 2.77. The lowest BCUT2D eigenvalue weighted by atomic mass is 9.94. The van der Waals surface area contributed by atoms with Gasteiger partial charge in [-0.25, -0.2) is 4.79 Å². The van der Waals surface area contributed by atoms with Crippen LogP contribution in [0.3, 0.4) is 0 Å². The number of amides is 1. The van der Waals surface area contributed by atoms with E-state index >= 15 is 0 Å². The Morgan fingerprint density at radius 3 is 2.46 bits per heavy atom. The summed E-state index contributed by atoms with van der Waals surface area (Å²) in [6, 6.07) is 8.45. The molecule has 2 heterocycles. The van der Waals surface area contributed by atoms with Crippen molar-refractivity contribution in [3.63, 3.8) is 0 Å². The molecule has 0 fully saturated rings. The molecule has 0 saturated heterocycles. The maximum atomic E-state index is 12.9. The van der Waals surface area contributed by atoms with Crippen molar-refractivity contribution in [2.24, 2.45) is 0 Å². The second-order valence-electron chi connectivity index (χ2n) is 6.08. The van der Waals surface area contributed by atoms with E-state index in [0.29, 0.717) is 11.1 Å². The summed E-state index contributed by atoms with van der Waals surface area (Å²) in [5.41, 5.74) is 0.795. The van der Waals surface area contributed by atoms with E-state index in [4.69, 9.17) is 9.15 Å². The molecule has 1 aliphatic heterocycles. The van der Waals surface area contributed by atoms with Gasteiger partial charge in [0.1, 0.15) is 0 Å². The molecule has 0 radical (unpaired) electrons. The molecule has 1 amide bonds. The minimum absolute atomic E-state index is 0.0131. The largest absolute Gasteiger partial charge is 0.503 e. The van der Waals surface area contributed by atoms with Crippen molar-refractivity contribution in [2.75, 3.05) is 27.4 Å². The lowest BCUT2D eigenvalue weighted by Crippen LogP contribution is -2.34. The number of rotatable bonds is 7. The van der Waals surface area contributed by atoms with E-state index in [1.165, 1.54) is 43.6 Å². The van der Waals surface area contributed by atoms with Crippen LogP contribution in [0.25, 0.3) is 0 Å². The first kappa shape index (κ1) is 19.4. The molecule has 1 atom stereocenters. The highest BCUT2D eigenvalue weighted by Gasteiger charge is 2.44. The molecule has 28 heavy (non-hydrogen) atoms. The molecule has 0 bridgehead atoms. The Morgan fingerprint density at radius 1 is 1.18 bits per heavy atom. The van der Waals surface area contributed by atoms with Gasteiger partial charge in [0, 0.05) is 13.7 Å². The molecule has 8 nitrogen and oxygen atoms in total. The van der Waals surface area contributed by atoms with E-state index in [1.807, 2.05) is 0 Å². The lowest BCUT2D eigenvalue weighted by molar-refractivity contribution is -0.130. The van der Waals surface area contributed by atoms with Crippen LogP contribution in [0, 0.1) is 0 Å². The first-order valence-electron chi connectivity index (χ1n) is 8.49. The second-order valence-corrected chi connectivity index (χ2v) is 6.08. The maximum absolute atomic E-state index is 12.9. The van der Waals surface area contributed by atoms with Gasteiger partial charge in [0.05, 0.1) is 37.2 Å². The van der Waals surface area contributed by atoms with Gasteiger partial charge in [-0.15, -0.1) is 0 Å². The van der Waals surface area contributed by atoms with Gasteiger partial charge >= 0.3 is 5.97 Å². The fourth-order valence-corrected chi connectivity index (χ4v) is 3.11. The topological polar surface area (TPSA) is 106 Å². The van der Waals surface area contributed by atoms with E-state index in [-0.39, 0.29) is 24.5 Å². The standard InChI is InChI=1S/C20H19NO7/c1-26-11-9-21-16(12-5-7-13(8-6-12)20(25)27-2)15(18(23)19(21)24)17(22)14-4-3-10-28-14/h3-8,10,16,23H,9,11H2,1-2H3/t16-/m1/s1. The number of Topliss-reactive ketones (excluding diaryl/α,β-unsaturated/α-hetero) is 1. The van der Waals surface area contributed by atoms with E-state index in [2.05, 4.69) is 4.74 Å². The summed E-state index contributed by atoms with van der Waals surface area (Å²) < 4.78 is 14.9. The summed E-state index contributed by atoms with van der Waals surface area (Å²) in [5, 5.41) is 10.4. The van der Waals surface area contributed by atoms with Crippen LogP contribution in [0.15, 0.2) is 58.4 Å². The average Bonchev–Trinajstić information content (AvgIpc) is 3.34. The SMILES string of the molecule is COCCN1C(=O)C(O)=C(C(=O)c2ccco2)[C@H]1c1ccc(C(=O)OC)cc1. The summed E-state index contributed by atoms with van der Waals surface area (Å²) >= 11 is 0. The number of carbonyl (C=O) groups is 3. The Kier molecular flexibility index (Phi) is 5.60. The van der Waals surface area contributed by atoms with Crippen molar-refractivity contribution in [1.82, 2.24) is 4.90 Å². The Hall–Kier alpha value is -3.39. The number of esters is 1. The van der Waals surface area contributed by atoms with Gasteiger partial charge in [-0.2, -0.15) is 0 Å². The van der Waals surface area contributed by atoms with Gasteiger partial charge in [0.2, 0.25) is 5.78 Å². The number of hydrogen-bond acceptors (Lipinski definition) is 7. The number of hydrogen-bond donors (Lipinski definition) is 1. The predicted octanol–water partition coefficient (Wildman–Crippen LogP) is 2.29. The Labute approximate surface area is 161 Å². The fourth-order valence-electron chi connectivity index (χ4n) is 3.11. The van der Waals surface area contributed by atoms with Crippen molar-refractivity contribution >= 4 is 17.7 Å². The van der Waals surface area contributed by atoms with Gasteiger partial charge in [-0.3, -0.25) is 9.59 Å². The Bertz CT molecular complexity index is 913. The van der Waals surface area contributed by atoms with Crippen molar-refractivity contribution < 1.29 is 33.4 Å². The molecule has 3 rings (SSSR count). The van der Waals surface area contributed by atoms with Crippen LogP contribution in [0.4, 0.5) is 0 Å². The zero-order chi connectivity index (χ0) is 20.3. The molecule has 2 aromatic rings. The molecule has 8 heteroatoms. The maximum Gasteiger partial charge on any atom is 0.337 e. The van der Waals surface area contributed by atoms with Crippen molar-refractivity contribution in [3.05, 3.63) is 70.9 Å². The molecular weight excluding hydrogens is 366 g/mol. The third-order valence-electron chi connectivity index (χ3n) is 4.48. The molecule has 0 aliphatic carbocycles. The van der Waals surface area contributed by atoms with Gasteiger partial charge < -0.3 is 23.9 Å². The van der Waals surface area contributed by atoms with E-state index in [9.17, 15) is 19.5 Å². The third kappa shape index (κ3) is 3.41. The zero-order valence-electron chi connectivity index (χ0n) is 15.4. The first-order chi connectivity index (χ1) is 13.5. The van der Waals surface area contributed by atoms with Crippen molar-refractivity contribution in [3.8, 4) is 0 Å². The summed E-state index contributed by atoms with van der Waals surface area (Å²) in [5.74, 6) is -2.37. The fraction of sp³-hybridized carbons (Fsp3) is 0.250. The molecule has 0 saturated carbocycles. The van der Waals surface area contributed by atoms with Crippen LogP contribution in [0.1, 0.15) is 32.5 Å². The van der Waals surface area contributed by atoms with E-state index in [0.717, 1.165) is 0 Å². The summed E-state index contributed by atoms with van der Waals surface area (Å²) in [4.78, 5) is 38.5. The van der Waals surface area contributed by atoms with E-state index in [1.54, 1.807) is 18.2 Å². The number of benzene rings is 1. The van der Waals surface area contributed by atoms with Crippen LogP contribution in [-0.4, -0.2) is 55.0 Å². The molecule has 1 aromatic heterocycles. The number of nitrogens with zero attached hydrogens (tertiary/aromatic N) is 1. The van der Waals surface area contributed by atoms with Crippen molar-refractivity contribution in [1.29, 1.82) is 0 Å². The van der Waals surface area contributed by atoms with Crippen LogP contribution in [-0.2, 0) is 14.3 Å². The number of aliphatic hydroxyl groups is 1. The van der Waals surface area contributed by atoms with Crippen LogP contribution in [0.2, 0.25) is 0 Å². The summed E-state index contributed by atoms with van der Waals surface area (Å²) in [6.45, 7) is 0.385. The number of ketones is 1. The van der Waals surface area contributed by atoms with Gasteiger partial charge in [0.25, 0.3) is 5.91 Å². The Morgan fingerprint density at radius 2 is 1.89 bits per heavy atom. The monoisotopic (exact) mass is 385 g/mol. The number of methoxy groups -OCH3 is 2. The van der Waals surface area contributed by atoms with Gasteiger partial charge in [0.15, 0.2) is 11.5 Å². The third-order valence-corrected chi connectivity index (χ3v) is 4.48. The average molecular weight is 385 g/mol. The normalized spacial score (nSPS) is 16.6. The lowest BCUT2D eigenvalue weighted by Gasteiger charge is -2.26. The van der Waals surface area contributed by atoms with Gasteiger partial charge in [-0.05, 0) is 29.8 Å². The number of ether oxygens (including phenoxy) is 2. The van der Waals surface area contributed by atoms with Crippen molar-refractivity contribution in [2.45, 2.75) is 6.04 Å². The molecular formula is C20H19NO7. The second kappa shape index (κ2) is 8.10. The number of furan rings is 1. The zero-order valence-corrected chi connectivity index (χ0v) is 15.4. The first-order valence-corrected chi connectivity index (χ1v) is 8.49. The van der Waals surface area contributed by atoms with Crippen LogP contribution < -0.4 is 0 Å². The van der Waals surface area contributed by atoms with Gasteiger partial charge in [-0.1, -0.05) is 12.1 Å². The highest BCUT2D eigenvalue weighted by Crippen LogP contribution is 2.38. The highest BCUT2D eigenvalue weighted by molar-refractivity contribution is 6.15. The minimum atomic E-state index is -0.841. The molecule has 0 unspecified atom stereocenters. The molecule has 1 aliphatic rings. The minimum Gasteiger partial charge on any atom is -0.503 e. The molecule has 0 spiro atoms. The van der Waals surface area contributed by atoms with E-state index < -0.39 is 29.5 Å². The van der Waals surface area contributed by atoms with Crippen LogP contribution >= 0.6 is 0 Å². The Balaban J connectivity index is 2.04. The molecule has 1 aromatic carbocycles. The molecule has 1 N–H and O–H groups in total.